The minimum absolute atomic E-state index is 0.120. The largest absolute Gasteiger partial charge is 0.325 e. The van der Waals surface area contributed by atoms with E-state index in [1.165, 1.54) is 27.8 Å². The molecule has 1 saturated heterocycles. The number of piperidine rings is 1. The molecule has 8 heteroatoms. The number of benzene rings is 1. The van der Waals surface area contributed by atoms with Gasteiger partial charge in [0, 0.05) is 25.0 Å². The zero-order valence-corrected chi connectivity index (χ0v) is 18.3. The van der Waals surface area contributed by atoms with Gasteiger partial charge in [-0.15, -0.1) is 0 Å². The third kappa shape index (κ3) is 6.04. The van der Waals surface area contributed by atoms with Gasteiger partial charge in [0.2, 0.25) is 15.9 Å². The molecule has 1 aromatic heterocycles. The van der Waals surface area contributed by atoms with Crippen molar-refractivity contribution in [2.45, 2.75) is 48.9 Å². The van der Waals surface area contributed by atoms with E-state index < -0.39 is 10.0 Å². The van der Waals surface area contributed by atoms with Gasteiger partial charge in [-0.05, 0) is 49.1 Å². The fourth-order valence-electron chi connectivity index (χ4n) is 3.24. The van der Waals surface area contributed by atoms with Crippen molar-refractivity contribution < 1.29 is 13.2 Å². The average molecular weight is 434 g/mol. The number of nitrogens with zero attached hydrogens (tertiary/aromatic N) is 2. The Morgan fingerprint density at radius 1 is 1.10 bits per heavy atom. The van der Waals surface area contributed by atoms with Gasteiger partial charge in [0.25, 0.3) is 0 Å². The minimum atomic E-state index is -3.48. The topological polar surface area (TPSA) is 79.4 Å². The zero-order chi connectivity index (χ0) is 20.7. The van der Waals surface area contributed by atoms with Gasteiger partial charge in [-0.25, -0.2) is 13.4 Å². The number of aromatic nitrogens is 1. The molecule has 0 spiro atoms. The average Bonchev–Trinajstić information content (AvgIpc) is 2.75. The number of amides is 1. The molecule has 1 fully saturated rings. The zero-order valence-electron chi connectivity index (χ0n) is 16.6. The van der Waals surface area contributed by atoms with Crippen molar-refractivity contribution in [1.29, 1.82) is 0 Å². The van der Waals surface area contributed by atoms with Crippen LogP contribution in [0.2, 0.25) is 0 Å². The monoisotopic (exact) mass is 433 g/mol. The Hall–Kier alpha value is -1.90. The molecule has 1 aromatic carbocycles. The highest BCUT2D eigenvalue weighted by Gasteiger charge is 2.26. The predicted molar refractivity (Wildman–Crippen MR) is 117 cm³/mol. The van der Waals surface area contributed by atoms with Crippen molar-refractivity contribution in [1.82, 2.24) is 9.29 Å². The first-order chi connectivity index (χ1) is 14.0. The van der Waals surface area contributed by atoms with Gasteiger partial charge in [-0.3, -0.25) is 4.79 Å². The molecule has 1 aliphatic heterocycles. The second-order valence-corrected chi connectivity index (χ2v) is 10.0. The summed E-state index contributed by atoms with van der Waals surface area (Å²) in [6, 6.07) is 11.1. The van der Waals surface area contributed by atoms with E-state index in [4.69, 9.17) is 0 Å². The van der Waals surface area contributed by atoms with Gasteiger partial charge in [0.15, 0.2) is 0 Å². The second kappa shape index (κ2) is 10.2. The van der Waals surface area contributed by atoms with E-state index in [0.717, 1.165) is 37.8 Å². The fourth-order valence-corrected chi connectivity index (χ4v) is 5.34. The molecule has 0 saturated carbocycles. The lowest BCUT2D eigenvalue weighted by Gasteiger charge is -2.25. The van der Waals surface area contributed by atoms with Gasteiger partial charge in [0.1, 0.15) is 4.90 Å². The Bertz CT molecular complexity index is 907. The van der Waals surface area contributed by atoms with Gasteiger partial charge in [0.05, 0.1) is 10.8 Å². The van der Waals surface area contributed by atoms with Gasteiger partial charge in [-0.1, -0.05) is 43.7 Å². The van der Waals surface area contributed by atoms with Crippen molar-refractivity contribution >= 4 is 33.4 Å². The number of carbonyl (C=O) groups excluding carboxylic acids is 1. The standard InChI is InChI=1S/C21H27N3O3S2/c1-2-6-17-7-9-18(10-8-17)23-20(25)16-28-21-12-11-19(15-22-21)29(26,27)24-13-4-3-5-14-24/h7-12,15H,2-6,13-14,16H2,1H3,(H,23,25). The van der Waals surface area contributed by atoms with E-state index in [1.54, 1.807) is 12.1 Å². The highest BCUT2D eigenvalue weighted by Crippen LogP contribution is 2.22. The van der Waals surface area contributed by atoms with Crippen LogP contribution in [0.4, 0.5) is 5.69 Å². The van der Waals surface area contributed by atoms with Crippen LogP contribution in [0.3, 0.4) is 0 Å². The SMILES string of the molecule is CCCc1ccc(NC(=O)CSc2ccc(S(=O)(=O)N3CCCCC3)cn2)cc1. The molecule has 6 nitrogen and oxygen atoms in total. The molecule has 2 heterocycles. The fraction of sp³-hybridized carbons (Fsp3) is 0.429. The predicted octanol–water partition coefficient (Wildman–Crippen LogP) is 3.94. The van der Waals surface area contributed by atoms with E-state index in [1.807, 2.05) is 24.3 Å². The summed E-state index contributed by atoms with van der Waals surface area (Å²) in [5, 5.41) is 3.49. The molecule has 2 aromatic rings. The lowest BCUT2D eigenvalue weighted by Crippen LogP contribution is -2.35. The quantitative estimate of drug-likeness (QED) is 0.638. The highest BCUT2D eigenvalue weighted by atomic mass is 32.2. The first kappa shape index (κ1) is 21.8. The number of hydrogen-bond donors (Lipinski definition) is 1. The van der Waals surface area contributed by atoms with E-state index in [-0.39, 0.29) is 16.6 Å². The number of nitrogens with one attached hydrogen (secondary N) is 1. The number of hydrogen-bond acceptors (Lipinski definition) is 5. The minimum Gasteiger partial charge on any atom is -0.325 e. The molecule has 0 unspecified atom stereocenters. The molecular formula is C21H27N3O3S2. The van der Waals surface area contributed by atoms with Crippen molar-refractivity contribution in [2.75, 3.05) is 24.2 Å². The van der Waals surface area contributed by atoms with Crippen LogP contribution < -0.4 is 5.32 Å². The first-order valence-corrected chi connectivity index (χ1v) is 12.4. The third-order valence-electron chi connectivity index (χ3n) is 4.79. The summed E-state index contributed by atoms with van der Waals surface area (Å²) in [5.41, 5.74) is 2.02. The lowest BCUT2D eigenvalue weighted by atomic mass is 10.1. The molecule has 0 bridgehead atoms. The Morgan fingerprint density at radius 2 is 1.83 bits per heavy atom. The summed E-state index contributed by atoms with van der Waals surface area (Å²) < 4.78 is 26.8. The summed E-state index contributed by atoms with van der Waals surface area (Å²) in [5.74, 6) is 0.0899. The molecular weight excluding hydrogens is 406 g/mol. The number of sulfonamides is 1. The lowest BCUT2D eigenvalue weighted by molar-refractivity contribution is -0.113. The van der Waals surface area contributed by atoms with Crippen LogP contribution in [0.5, 0.6) is 0 Å². The summed E-state index contributed by atoms with van der Waals surface area (Å²) in [6.07, 6.45) is 6.38. The molecule has 3 rings (SSSR count). The van der Waals surface area contributed by atoms with Crippen molar-refractivity contribution in [2.24, 2.45) is 0 Å². The van der Waals surface area contributed by atoms with Crippen LogP contribution in [0.1, 0.15) is 38.2 Å². The molecule has 0 aliphatic carbocycles. The highest BCUT2D eigenvalue weighted by molar-refractivity contribution is 7.99. The second-order valence-electron chi connectivity index (χ2n) is 7.08. The summed E-state index contributed by atoms with van der Waals surface area (Å²) in [6.45, 7) is 3.27. The Balaban J connectivity index is 1.52. The number of thioether (sulfide) groups is 1. The van der Waals surface area contributed by atoms with E-state index in [2.05, 4.69) is 17.2 Å². The van der Waals surface area contributed by atoms with Crippen LogP contribution in [-0.4, -0.2) is 42.5 Å². The molecule has 29 heavy (non-hydrogen) atoms. The van der Waals surface area contributed by atoms with Crippen LogP contribution in [-0.2, 0) is 21.2 Å². The maximum Gasteiger partial charge on any atom is 0.244 e. The number of aryl methyl sites for hydroxylation is 1. The van der Waals surface area contributed by atoms with Crippen LogP contribution in [0, 0.1) is 0 Å². The van der Waals surface area contributed by atoms with E-state index >= 15 is 0 Å². The Morgan fingerprint density at radius 3 is 2.45 bits per heavy atom. The third-order valence-corrected chi connectivity index (χ3v) is 7.62. The number of carbonyl (C=O) groups is 1. The Labute approximate surface area is 177 Å². The van der Waals surface area contributed by atoms with E-state index in [0.29, 0.717) is 18.1 Å². The smallest absolute Gasteiger partial charge is 0.244 e. The Kier molecular flexibility index (Phi) is 7.69. The van der Waals surface area contributed by atoms with Crippen molar-refractivity contribution in [3.05, 3.63) is 48.2 Å². The molecule has 1 N–H and O–H groups in total. The maximum absolute atomic E-state index is 12.6. The van der Waals surface area contributed by atoms with Crippen LogP contribution >= 0.6 is 11.8 Å². The summed E-state index contributed by atoms with van der Waals surface area (Å²) in [4.78, 5) is 16.6. The van der Waals surface area contributed by atoms with Crippen molar-refractivity contribution in [3.8, 4) is 0 Å². The van der Waals surface area contributed by atoms with Crippen LogP contribution in [0.15, 0.2) is 52.5 Å². The summed E-state index contributed by atoms with van der Waals surface area (Å²) >= 11 is 1.28. The van der Waals surface area contributed by atoms with Gasteiger partial charge < -0.3 is 5.32 Å². The number of rotatable bonds is 8. The van der Waals surface area contributed by atoms with Crippen molar-refractivity contribution in [3.63, 3.8) is 0 Å². The number of anilines is 1. The molecule has 156 valence electrons. The molecule has 1 aliphatic rings. The molecule has 0 atom stereocenters. The summed E-state index contributed by atoms with van der Waals surface area (Å²) in [7, 11) is -3.48. The van der Waals surface area contributed by atoms with E-state index in [9.17, 15) is 13.2 Å². The molecule has 1 amide bonds. The maximum atomic E-state index is 12.6. The van der Waals surface area contributed by atoms with Crippen LogP contribution in [0.25, 0.3) is 0 Å². The van der Waals surface area contributed by atoms with Gasteiger partial charge in [-0.2, -0.15) is 4.31 Å². The number of pyridine rings is 1. The normalized spacial score (nSPS) is 15.2. The first-order valence-electron chi connectivity index (χ1n) is 9.97. The molecule has 0 radical (unpaired) electrons. The van der Waals surface area contributed by atoms with Gasteiger partial charge >= 0.3 is 0 Å².